The van der Waals surface area contributed by atoms with Gasteiger partial charge in [-0.15, -0.1) is 0 Å². The maximum absolute atomic E-state index is 12.8. The maximum Gasteiger partial charge on any atom is 0.191 e. The molecule has 32 heavy (non-hydrogen) atoms. The summed E-state index contributed by atoms with van der Waals surface area (Å²) in [5, 5.41) is 19.8. The van der Waals surface area contributed by atoms with Crippen LogP contribution in [0.2, 0.25) is 0 Å². The summed E-state index contributed by atoms with van der Waals surface area (Å²) in [5.74, 6) is 0.942. The number of ether oxygens (including phenoxy) is 2. The lowest BCUT2D eigenvalue weighted by Gasteiger charge is -2.25. The molecule has 3 aromatic rings. The Morgan fingerprint density at radius 2 is 1.81 bits per heavy atom. The number of aryl methyl sites for hydroxylation is 1. The Labute approximate surface area is 189 Å². The highest BCUT2D eigenvalue weighted by atomic mass is 32.2. The van der Waals surface area contributed by atoms with Crippen molar-refractivity contribution in [3.05, 3.63) is 65.2 Å². The number of nitriles is 2. The molecule has 0 aliphatic carbocycles. The lowest BCUT2D eigenvalue weighted by atomic mass is 9.96. The molecule has 2 heterocycles. The van der Waals surface area contributed by atoms with Gasteiger partial charge in [0.15, 0.2) is 23.4 Å². The van der Waals surface area contributed by atoms with E-state index in [4.69, 9.17) is 15.2 Å². The molecule has 4 rings (SSSR count). The minimum Gasteiger partial charge on any atom is -0.485 e. The molecular weight excluding hydrogens is 424 g/mol. The van der Waals surface area contributed by atoms with E-state index in [1.54, 1.807) is 18.2 Å². The van der Waals surface area contributed by atoms with Crippen LogP contribution in [0.15, 0.2) is 53.6 Å². The van der Waals surface area contributed by atoms with Crippen molar-refractivity contribution in [1.82, 2.24) is 4.98 Å². The van der Waals surface area contributed by atoms with Gasteiger partial charge >= 0.3 is 0 Å². The maximum atomic E-state index is 12.8. The third kappa shape index (κ3) is 4.09. The Morgan fingerprint density at radius 1 is 1.12 bits per heavy atom. The van der Waals surface area contributed by atoms with Crippen LogP contribution >= 0.6 is 11.8 Å². The number of carbonyl (C=O) groups is 1. The standard InChI is InChI=1S/C24H18N4O3S/c1-14-6-8-15(9-7-14)22-16(10-25)23(27)28-24(17(22)11-26)32-13-18(29)21-12-30-19-4-2-3-5-20(19)31-21/h2-9,21H,12-13H2,1H3,(H2,27,28). The van der Waals surface area contributed by atoms with Crippen LogP contribution in [0.4, 0.5) is 5.82 Å². The highest BCUT2D eigenvalue weighted by Crippen LogP contribution is 2.36. The summed E-state index contributed by atoms with van der Waals surface area (Å²) in [6.07, 6.45) is -0.754. The predicted molar refractivity (Wildman–Crippen MR) is 120 cm³/mol. The summed E-state index contributed by atoms with van der Waals surface area (Å²) in [6, 6.07) is 18.8. The van der Waals surface area contributed by atoms with Gasteiger partial charge < -0.3 is 15.2 Å². The molecule has 7 nitrogen and oxygen atoms in total. The van der Waals surface area contributed by atoms with Crippen molar-refractivity contribution >= 4 is 23.4 Å². The number of nitrogens with zero attached hydrogens (tertiary/aromatic N) is 3. The van der Waals surface area contributed by atoms with Crippen molar-refractivity contribution in [1.29, 1.82) is 10.5 Å². The van der Waals surface area contributed by atoms with E-state index in [1.807, 2.05) is 37.3 Å². The number of benzene rings is 2. The molecule has 1 aliphatic rings. The van der Waals surface area contributed by atoms with Gasteiger partial charge in [-0.05, 0) is 24.6 Å². The molecule has 0 saturated heterocycles. The largest absolute Gasteiger partial charge is 0.485 e. The van der Waals surface area contributed by atoms with E-state index in [0.29, 0.717) is 27.7 Å². The number of thioether (sulfide) groups is 1. The van der Waals surface area contributed by atoms with Gasteiger partial charge in [0.1, 0.15) is 35.2 Å². The average Bonchev–Trinajstić information content (AvgIpc) is 2.82. The van der Waals surface area contributed by atoms with Gasteiger partial charge in [0.2, 0.25) is 0 Å². The van der Waals surface area contributed by atoms with E-state index < -0.39 is 6.10 Å². The molecule has 1 aromatic heterocycles. The number of hydrogen-bond acceptors (Lipinski definition) is 8. The number of aromatic nitrogens is 1. The number of carbonyl (C=O) groups excluding carboxylic acids is 1. The van der Waals surface area contributed by atoms with Crippen molar-refractivity contribution < 1.29 is 14.3 Å². The fourth-order valence-electron chi connectivity index (χ4n) is 3.32. The first-order chi connectivity index (χ1) is 15.5. The highest BCUT2D eigenvalue weighted by molar-refractivity contribution is 8.00. The summed E-state index contributed by atoms with van der Waals surface area (Å²) in [6.45, 7) is 2.06. The van der Waals surface area contributed by atoms with Crippen molar-refractivity contribution in [3.8, 4) is 34.8 Å². The first-order valence-corrected chi connectivity index (χ1v) is 10.7. The van der Waals surface area contributed by atoms with E-state index in [0.717, 1.165) is 17.3 Å². The zero-order chi connectivity index (χ0) is 22.7. The number of rotatable bonds is 5. The molecule has 2 aromatic carbocycles. The van der Waals surface area contributed by atoms with Crippen molar-refractivity contribution in [2.24, 2.45) is 0 Å². The summed E-state index contributed by atoms with van der Waals surface area (Å²) >= 11 is 1.09. The van der Waals surface area contributed by atoms with Crippen LogP contribution in [0.25, 0.3) is 11.1 Å². The Morgan fingerprint density at radius 3 is 2.50 bits per heavy atom. The molecule has 0 radical (unpaired) electrons. The number of anilines is 1. The number of nitrogen functional groups attached to an aromatic ring is 1. The molecule has 0 saturated carbocycles. The first-order valence-electron chi connectivity index (χ1n) is 9.76. The first kappa shape index (κ1) is 21.2. The second kappa shape index (κ2) is 9.01. The van der Waals surface area contributed by atoms with Gasteiger partial charge in [-0.2, -0.15) is 10.5 Å². The number of para-hydroxylation sites is 2. The second-order valence-electron chi connectivity index (χ2n) is 7.14. The molecule has 0 fully saturated rings. The quantitative estimate of drug-likeness (QED) is 0.591. The SMILES string of the molecule is Cc1ccc(-c2c(C#N)c(N)nc(SCC(=O)C3COc4ccccc4O3)c2C#N)cc1. The zero-order valence-corrected chi connectivity index (χ0v) is 18.0. The van der Waals surface area contributed by atoms with Crippen LogP contribution in [-0.2, 0) is 4.79 Å². The van der Waals surface area contributed by atoms with Crippen LogP contribution in [0.3, 0.4) is 0 Å². The Hall–Kier alpha value is -4.01. The van der Waals surface area contributed by atoms with Crippen molar-refractivity contribution in [2.45, 2.75) is 18.1 Å². The van der Waals surface area contributed by atoms with Crippen LogP contribution in [0.1, 0.15) is 16.7 Å². The summed E-state index contributed by atoms with van der Waals surface area (Å²) in [7, 11) is 0. The Kier molecular flexibility index (Phi) is 5.98. The summed E-state index contributed by atoms with van der Waals surface area (Å²) in [5.41, 5.74) is 8.54. The fourth-order valence-corrected chi connectivity index (χ4v) is 4.24. The Bertz CT molecular complexity index is 1280. The van der Waals surface area contributed by atoms with Crippen molar-refractivity contribution in [2.75, 3.05) is 18.1 Å². The second-order valence-corrected chi connectivity index (χ2v) is 8.10. The van der Waals surface area contributed by atoms with Gasteiger partial charge in [0.25, 0.3) is 0 Å². The van der Waals surface area contributed by atoms with Gasteiger partial charge in [-0.25, -0.2) is 4.98 Å². The van der Waals surface area contributed by atoms with E-state index in [1.165, 1.54) is 0 Å². The average molecular weight is 443 g/mol. The molecule has 0 amide bonds. The van der Waals surface area contributed by atoms with Crippen LogP contribution < -0.4 is 15.2 Å². The van der Waals surface area contributed by atoms with E-state index in [9.17, 15) is 15.3 Å². The molecule has 1 unspecified atom stereocenters. The molecule has 1 aliphatic heterocycles. The van der Waals surface area contributed by atoms with E-state index in [2.05, 4.69) is 17.1 Å². The third-order valence-corrected chi connectivity index (χ3v) is 5.97. The lowest BCUT2D eigenvalue weighted by Crippen LogP contribution is -2.37. The molecule has 2 N–H and O–H groups in total. The minimum absolute atomic E-state index is 0.0105. The number of nitrogens with two attached hydrogens (primary N) is 1. The van der Waals surface area contributed by atoms with Crippen LogP contribution in [0, 0.1) is 29.6 Å². The molecule has 0 spiro atoms. The zero-order valence-electron chi connectivity index (χ0n) is 17.2. The highest BCUT2D eigenvalue weighted by Gasteiger charge is 2.28. The molecule has 8 heteroatoms. The normalized spacial score (nSPS) is 14.3. The number of pyridine rings is 1. The van der Waals surface area contributed by atoms with Gasteiger partial charge in [0.05, 0.1) is 11.3 Å². The topological polar surface area (TPSA) is 122 Å². The lowest BCUT2D eigenvalue weighted by molar-refractivity contribution is -0.125. The van der Waals surface area contributed by atoms with Crippen LogP contribution in [0.5, 0.6) is 11.5 Å². The fraction of sp³-hybridized carbons (Fsp3) is 0.167. The monoisotopic (exact) mass is 442 g/mol. The summed E-state index contributed by atoms with van der Waals surface area (Å²) < 4.78 is 11.4. The van der Waals surface area contributed by atoms with Gasteiger partial charge in [-0.1, -0.05) is 53.7 Å². The summed E-state index contributed by atoms with van der Waals surface area (Å²) in [4.78, 5) is 17.0. The van der Waals surface area contributed by atoms with Crippen molar-refractivity contribution in [3.63, 3.8) is 0 Å². The van der Waals surface area contributed by atoms with Gasteiger partial charge in [0, 0.05) is 5.56 Å². The molecule has 1 atom stereocenters. The smallest absolute Gasteiger partial charge is 0.191 e. The Balaban J connectivity index is 1.60. The van der Waals surface area contributed by atoms with E-state index >= 15 is 0 Å². The molecular formula is C24H18N4O3S. The number of ketones is 1. The predicted octanol–water partition coefficient (Wildman–Crippen LogP) is 3.88. The molecule has 158 valence electrons. The molecule has 0 bridgehead atoms. The number of Topliss-reactive ketones (excluding diaryl/α,β-unsaturated/α-hetero) is 1. The number of fused-ring (bicyclic) bond motifs is 1. The third-order valence-electron chi connectivity index (χ3n) is 4.97. The van der Waals surface area contributed by atoms with E-state index in [-0.39, 0.29) is 35.1 Å². The van der Waals surface area contributed by atoms with Crippen LogP contribution in [-0.4, -0.2) is 29.2 Å². The minimum atomic E-state index is -0.754. The number of hydrogen-bond donors (Lipinski definition) is 1. The van der Waals surface area contributed by atoms with Gasteiger partial charge in [-0.3, -0.25) is 4.79 Å².